The van der Waals surface area contributed by atoms with E-state index in [-0.39, 0.29) is 17.5 Å². The Morgan fingerprint density at radius 2 is 1.67 bits per heavy atom. The van der Waals surface area contributed by atoms with Crippen molar-refractivity contribution in [2.24, 2.45) is 0 Å². The maximum Gasteiger partial charge on any atom is 0.272 e. The predicted octanol–water partition coefficient (Wildman–Crippen LogP) is 2.58. The summed E-state index contributed by atoms with van der Waals surface area (Å²) in [6, 6.07) is 14.4. The minimum absolute atomic E-state index is 0.102. The lowest BCUT2D eigenvalue weighted by Crippen LogP contribution is -2.41. The van der Waals surface area contributed by atoms with Gasteiger partial charge in [0.05, 0.1) is 24.5 Å². The molecule has 1 aliphatic heterocycles. The Morgan fingerprint density at radius 1 is 1.00 bits per heavy atom. The van der Waals surface area contributed by atoms with E-state index in [4.69, 9.17) is 4.74 Å². The van der Waals surface area contributed by atoms with Crippen LogP contribution in [0.1, 0.15) is 28.4 Å². The van der Waals surface area contributed by atoms with E-state index >= 15 is 0 Å². The number of morpholine rings is 1. The van der Waals surface area contributed by atoms with Gasteiger partial charge >= 0.3 is 0 Å². The zero-order valence-corrected chi connectivity index (χ0v) is 17.1. The number of benzene rings is 2. The fourth-order valence-corrected chi connectivity index (χ4v) is 3.16. The second-order valence-electron chi connectivity index (χ2n) is 7.00. The Bertz CT molecular complexity index is 978. The topological polar surface area (TPSA) is 87.7 Å². The van der Waals surface area contributed by atoms with Crippen LogP contribution in [0.4, 0.5) is 5.69 Å². The number of hydrogen-bond acceptors (Lipinski definition) is 4. The molecule has 0 radical (unpaired) electrons. The van der Waals surface area contributed by atoms with Crippen LogP contribution in [0.2, 0.25) is 0 Å². The highest BCUT2D eigenvalue weighted by Crippen LogP contribution is 2.19. The molecule has 0 unspecified atom stereocenters. The molecule has 0 aliphatic carbocycles. The molecule has 2 aromatic rings. The molecule has 1 heterocycles. The number of aryl methyl sites for hydroxylation is 1. The van der Waals surface area contributed by atoms with Gasteiger partial charge in [-0.2, -0.15) is 0 Å². The number of ether oxygens (including phenoxy) is 1. The Kier molecular flexibility index (Phi) is 6.98. The van der Waals surface area contributed by atoms with Crippen molar-refractivity contribution >= 4 is 29.5 Å². The van der Waals surface area contributed by atoms with Crippen LogP contribution in [0.25, 0.3) is 6.08 Å². The van der Waals surface area contributed by atoms with E-state index in [1.807, 2.05) is 31.2 Å². The van der Waals surface area contributed by atoms with Crippen molar-refractivity contribution in [3.05, 3.63) is 70.9 Å². The minimum atomic E-state index is -0.504. The Balaban J connectivity index is 1.86. The van der Waals surface area contributed by atoms with Gasteiger partial charge in [-0.3, -0.25) is 14.4 Å². The Labute approximate surface area is 175 Å². The summed E-state index contributed by atoms with van der Waals surface area (Å²) in [5.74, 6) is -1.03. The average Bonchev–Trinajstić information content (AvgIpc) is 2.75. The third-order valence-electron chi connectivity index (χ3n) is 4.75. The second kappa shape index (κ2) is 9.84. The van der Waals surface area contributed by atoms with Crippen molar-refractivity contribution in [3.63, 3.8) is 0 Å². The van der Waals surface area contributed by atoms with Crippen LogP contribution < -0.4 is 10.6 Å². The van der Waals surface area contributed by atoms with Gasteiger partial charge in [0.25, 0.3) is 11.8 Å². The molecular weight excluding hydrogens is 382 g/mol. The summed E-state index contributed by atoms with van der Waals surface area (Å²) in [5, 5.41) is 5.36. The Hall–Kier alpha value is -3.45. The third-order valence-corrected chi connectivity index (χ3v) is 4.75. The molecule has 3 rings (SSSR count). The first kappa shape index (κ1) is 21.3. The summed E-state index contributed by atoms with van der Waals surface area (Å²) in [4.78, 5) is 39.3. The normalized spacial score (nSPS) is 14.2. The van der Waals surface area contributed by atoms with E-state index in [1.54, 1.807) is 35.2 Å². The van der Waals surface area contributed by atoms with Gasteiger partial charge in [-0.15, -0.1) is 0 Å². The maximum absolute atomic E-state index is 13.0. The average molecular weight is 407 g/mol. The molecule has 156 valence electrons. The SMILES string of the molecule is CC(=O)NC(=Cc1ccccc1C)C(=O)Nc1ccccc1C(=O)N1CCOCC1. The summed E-state index contributed by atoms with van der Waals surface area (Å²) in [7, 11) is 0. The number of para-hydroxylation sites is 1. The molecule has 2 N–H and O–H groups in total. The summed E-state index contributed by atoms with van der Waals surface area (Å²) in [6.45, 7) is 5.26. The van der Waals surface area contributed by atoms with Crippen molar-refractivity contribution in [2.75, 3.05) is 31.6 Å². The number of hydrogen-bond donors (Lipinski definition) is 2. The number of nitrogens with one attached hydrogen (secondary N) is 2. The van der Waals surface area contributed by atoms with Gasteiger partial charge in [0.2, 0.25) is 5.91 Å². The number of carbonyl (C=O) groups excluding carboxylic acids is 3. The number of anilines is 1. The maximum atomic E-state index is 13.0. The number of nitrogens with zero attached hydrogens (tertiary/aromatic N) is 1. The molecule has 0 atom stereocenters. The summed E-state index contributed by atoms with van der Waals surface area (Å²) in [6.07, 6.45) is 1.62. The molecule has 0 saturated carbocycles. The Morgan fingerprint density at radius 3 is 2.37 bits per heavy atom. The van der Waals surface area contributed by atoms with E-state index in [1.165, 1.54) is 6.92 Å². The van der Waals surface area contributed by atoms with Gasteiger partial charge in [-0.25, -0.2) is 0 Å². The molecule has 1 fully saturated rings. The summed E-state index contributed by atoms with van der Waals surface area (Å²) in [5.41, 5.74) is 2.67. The summed E-state index contributed by atoms with van der Waals surface area (Å²) >= 11 is 0. The van der Waals surface area contributed by atoms with Crippen LogP contribution >= 0.6 is 0 Å². The lowest BCUT2D eigenvalue weighted by molar-refractivity contribution is -0.120. The molecule has 0 bridgehead atoms. The predicted molar refractivity (Wildman–Crippen MR) is 115 cm³/mol. The molecular formula is C23H25N3O4. The molecule has 2 aromatic carbocycles. The third kappa shape index (κ3) is 5.33. The van der Waals surface area contributed by atoms with E-state index in [9.17, 15) is 14.4 Å². The highest BCUT2D eigenvalue weighted by atomic mass is 16.5. The van der Waals surface area contributed by atoms with Crippen LogP contribution in [-0.2, 0) is 14.3 Å². The van der Waals surface area contributed by atoms with Crippen LogP contribution in [0, 0.1) is 6.92 Å². The standard InChI is InChI=1S/C23H25N3O4/c1-16-7-3-4-8-18(16)15-21(24-17(2)27)22(28)25-20-10-6-5-9-19(20)23(29)26-11-13-30-14-12-26/h3-10,15H,11-14H2,1-2H3,(H,24,27)(H,25,28). The van der Waals surface area contributed by atoms with Crippen LogP contribution in [0.15, 0.2) is 54.2 Å². The molecule has 1 aliphatic rings. The van der Waals surface area contributed by atoms with E-state index in [0.29, 0.717) is 37.6 Å². The zero-order chi connectivity index (χ0) is 21.5. The molecule has 0 aromatic heterocycles. The minimum Gasteiger partial charge on any atom is -0.378 e. The van der Waals surface area contributed by atoms with Gasteiger partial charge in [0, 0.05) is 20.0 Å². The van der Waals surface area contributed by atoms with Gasteiger partial charge in [-0.05, 0) is 36.3 Å². The monoisotopic (exact) mass is 407 g/mol. The number of rotatable bonds is 5. The van der Waals surface area contributed by atoms with Crippen molar-refractivity contribution in [3.8, 4) is 0 Å². The van der Waals surface area contributed by atoms with E-state index in [2.05, 4.69) is 10.6 Å². The molecule has 7 heteroatoms. The van der Waals surface area contributed by atoms with Gasteiger partial charge in [0.15, 0.2) is 0 Å². The highest BCUT2D eigenvalue weighted by molar-refractivity contribution is 6.11. The molecule has 3 amide bonds. The highest BCUT2D eigenvalue weighted by Gasteiger charge is 2.22. The largest absolute Gasteiger partial charge is 0.378 e. The van der Waals surface area contributed by atoms with Gasteiger partial charge in [-0.1, -0.05) is 36.4 Å². The zero-order valence-electron chi connectivity index (χ0n) is 17.1. The van der Waals surface area contributed by atoms with E-state index < -0.39 is 5.91 Å². The molecule has 7 nitrogen and oxygen atoms in total. The molecule has 0 spiro atoms. The fourth-order valence-electron chi connectivity index (χ4n) is 3.16. The van der Waals surface area contributed by atoms with Gasteiger partial charge < -0.3 is 20.3 Å². The first-order valence-electron chi connectivity index (χ1n) is 9.78. The fraction of sp³-hybridized carbons (Fsp3) is 0.261. The lowest BCUT2D eigenvalue weighted by Gasteiger charge is -2.27. The number of carbonyl (C=O) groups is 3. The van der Waals surface area contributed by atoms with Crippen LogP contribution in [0.5, 0.6) is 0 Å². The van der Waals surface area contributed by atoms with Crippen LogP contribution in [-0.4, -0.2) is 48.9 Å². The molecule has 30 heavy (non-hydrogen) atoms. The first-order valence-corrected chi connectivity index (χ1v) is 9.78. The van der Waals surface area contributed by atoms with Crippen molar-refractivity contribution in [1.29, 1.82) is 0 Å². The first-order chi connectivity index (χ1) is 14.5. The molecule has 1 saturated heterocycles. The lowest BCUT2D eigenvalue weighted by atomic mass is 10.1. The van der Waals surface area contributed by atoms with Crippen LogP contribution in [0.3, 0.4) is 0 Å². The second-order valence-corrected chi connectivity index (χ2v) is 7.00. The summed E-state index contributed by atoms with van der Waals surface area (Å²) < 4.78 is 5.30. The van der Waals surface area contributed by atoms with E-state index in [0.717, 1.165) is 11.1 Å². The smallest absolute Gasteiger partial charge is 0.272 e. The quantitative estimate of drug-likeness (QED) is 0.746. The van der Waals surface area contributed by atoms with Crippen molar-refractivity contribution in [2.45, 2.75) is 13.8 Å². The van der Waals surface area contributed by atoms with Crippen molar-refractivity contribution in [1.82, 2.24) is 10.2 Å². The number of amides is 3. The van der Waals surface area contributed by atoms with Crippen molar-refractivity contribution < 1.29 is 19.1 Å². The van der Waals surface area contributed by atoms with Gasteiger partial charge in [0.1, 0.15) is 5.70 Å².